The van der Waals surface area contributed by atoms with Crippen molar-refractivity contribution in [2.75, 3.05) is 11.1 Å². The molecular formula is C22H36N6. The van der Waals surface area contributed by atoms with Crippen LogP contribution in [0.4, 0.5) is 11.8 Å². The molecule has 0 saturated carbocycles. The van der Waals surface area contributed by atoms with E-state index in [-0.39, 0.29) is 0 Å². The maximum Gasteiger partial charge on any atom is 0.221 e. The summed E-state index contributed by atoms with van der Waals surface area (Å²) in [6.07, 6.45) is 7.91. The predicted octanol–water partition coefficient (Wildman–Crippen LogP) is 4.58. The van der Waals surface area contributed by atoms with Crippen LogP contribution in [0.15, 0.2) is 31.0 Å². The van der Waals surface area contributed by atoms with Crippen LogP contribution in [0.5, 0.6) is 0 Å². The van der Waals surface area contributed by atoms with Crippen LogP contribution in [-0.2, 0) is 12.8 Å². The van der Waals surface area contributed by atoms with Gasteiger partial charge in [-0.2, -0.15) is 4.98 Å². The number of aryl methyl sites for hydroxylation is 2. The highest BCUT2D eigenvalue weighted by atomic mass is 15.1. The molecule has 154 valence electrons. The third-order valence-electron chi connectivity index (χ3n) is 4.41. The lowest BCUT2D eigenvalue weighted by atomic mass is 10.1. The summed E-state index contributed by atoms with van der Waals surface area (Å²) in [5.74, 6) is 1.13. The molecule has 0 aliphatic rings. The zero-order valence-corrected chi connectivity index (χ0v) is 17.8. The minimum atomic E-state index is 0.293. The third-order valence-corrected chi connectivity index (χ3v) is 4.41. The minimum Gasteiger partial charge on any atom is -0.397 e. The van der Waals surface area contributed by atoms with Crippen molar-refractivity contribution in [1.82, 2.24) is 15.0 Å². The maximum absolute atomic E-state index is 5.81. The van der Waals surface area contributed by atoms with Gasteiger partial charge in [0.25, 0.3) is 0 Å². The number of rotatable bonds is 10. The summed E-state index contributed by atoms with van der Waals surface area (Å²) in [6.45, 7) is 12.1. The van der Waals surface area contributed by atoms with Crippen molar-refractivity contribution in [3.8, 4) is 0 Å². The standard InChI is InChI=1S/C20H30N6.C2H6/c1-4-6-8-16(5-2)25-19-15(13-23-20(22)26-19)11-12-17-9-7-10-18(24-17)14(3)21;1-2/h7,9-10,13,16H,3-6,8,11-12,21H2,1-2H3,(H3,22,23,25,26);1-2H3. The molecule has 2 rings (SSSR count). The molecule has 5 N–H and O–H groups in total. The van der Waals surface area contributed by atoms with Gasteiger partial charge in [0.05, 0.1) is 11.4 Å². The fraction of sp³-hybridized carbons (Fsp3) is 0.500. The predicted molar refractivity (Wildman–Crippen MR) is 120 cm³/mol. The molecule has 1 atom stereocenters. The van der Waals surface area contributed by atoms with E-state index in [4.69, 9.17) is 11.5 Å². The van der Waals surface area contributed by atoms with Crippen LogP contribution in [0.25, 0.3) is 5.70 Å². The van der Waals surface area contributed by atoms with E-state index in [1.165, 1.54) is 12.8 Å². The number of hydrogen-bond acceptors (Lipinski definition) is 6. The first kappa shape index (κ1) is 23.4. The molecule has 0 saturated heterocycles. The van der Waals surface area contributed by atoms with Gasteiger partial charge in [0.1, 0.15) is 5.82 Å². The molecule has 2 aromatic heterocycles. The lowest BCUT2D eigenvalue weighted by molar-refractivity contribution is 0.590. The Bertz CT molecular complexity index is 729. The van der Waals surface area contributed by atoms with Gasteiger partial charge < -0.3 is 16.8 Å². The zero-order valence-electron chi connectivity index (χ0n) is 17.8. The zero-order chi connectivity index (χ0) is 20.9. The molecule has 28 heavy (non-hydrogen) atoms. The van der Waals surface area contributed by atoms with Crippen LogP contribution in [0.1, 0.15) is 70.3 Å². The molecule has 6 heteroatoms. The first-order valence-corrected chi connectivity index (χ1v) is 10.3. The number of unbranched alkanes of at least 4 members (excludes halogenated alkanes) is 1. The van der Waals surface area contributed by atoms with E-state index in [0.717, 1.165) is 48.5 Å². The molecule has 0 bridgehead atoms. The molecule has 1 unspecified atom stereocenters. The van der Waals surface area contributed by atoms with Gasteiger partial charge in [-0.15, -0.1) is 0 Å². The lowest BCUT2D eigenvalue weighted by Gasteiger charge is -2.19. The van der Waals surface area contributed by atoms with E-state index in [0.29, 0.717) is 17.7 Å². The van der Waals surface area contributed by atoms with E-state index in [1.54, 1.807) is 0 Å². The number of nitrogens with one attached hydrogen (secondary N) is 1. The summed E-state index contributed by atoms with van der Waals surface area (Å²) in [7, 11) is 0. The van der Waals surface area contributed by atoms with Crippen LogP contribution in [0.2, 0.25) is 0 Å². The van der Waals surface area contributed by atoms with Crippen molar-refractivity contribution in [3.63, 3.8) is 0 Å². The quantitative estimate of drug-likeness (QED) is 0.554. The average Bonchev–Trinajstić information content (AvgIpc) is 2.72. The van der Waals surface area contributed by atoms with Crippen molar-refractivity contribution in [3.05, 3.63) is 47.9 Å². The first-order valence-electron chi connectivity index (χ1n) is 10.3. The molecule has 0 aromatic carbocycles. The number of nitrogens with zero attached hydrogens (tertiary/aromatic N) is 3. The molecule has 6 nitrogen and oxygen atoms in total. The van der Waals surface area contributed by atoms with Gasteiger partial charge in [0.15, 0.2) is 0 Å². The molecule has 0 aliphatic carbocycles. The Morgan fingerprint density at radius 2 is 1.93 bits per heavy atom. The number of aromatic nitrogens is 3. The van der Waals surface area contributed by atoms with E-state index in [9.17, 15) is 0 Å². The Morgan fingerprint density at radius 3 is 2.57 bits per heavy atom. The van der Waals surface area contributed by atoms with Gasteiger partial charge in [-0.25, -0.2) is 4.98 Å². The lowest BCUT2D eigenvalue weighted by Crippen LogP contribution is -2.21. The Kier molecular flexibility index (Phi) is 10.6. The first-order chi connectivity index (χ1) is 13.5. The monoisotopic (exact) mass is 384 g/mol. The molecule has 0 aliphatic heterocycles. The second kappa shape index (κ2) is 12.7. The Hall–Kier alpha value is -2.63. The SMILES string of the molecule is C=C(N)c1cccc(CCc2cnc(N)nc2NC(CC)CCCC)n1.CC. The number of nitrogen functional groups attached to an aromatic ring is 1. The van der Waals surface area contributed by atoms with Gasteiger partial charge >= 0.3 is 0 Å². The number of hydrogen-bond donors (Lipinski definition) is 3. The highest BCUT2D eigenvalue weighted by Gasteiger charge is 2.12. The van der Waals surface area contributed by atoms with Crippen molar-refractivity contribution in [2.24, 2.45) is 5.73 Å². The Labute approximate surface area is 169 Å². The van der Waals surface area contributed by atoms with Gasteiger partial charge in [-0.1, -0.05) is 53.2 Å². The molecular weight excluding hydrogens is 348 g/mol. The van der Waals surface area contributed by atoms with Crippen molar-refractivity contribution >= 4 is 17.5 Å². The molecule has 2 heterocycles. The smallest absolute Gasteiger partial charge is 0.221 e. The highest BCUT2D eigenvalue weighted by molar-refractivity contribution is 5.56. The van der Waals surface area contributed by atoms with E-state index in [2.05, 4.69) is 40.7 Å². The van der Waals surface area contributed by atoms with Crippen LogP contribution in [0.3, 0.4) is 0 Å². The largest absolute Gasteiger partial charge is 0.397 e. The Morgan fingerprint density at radius 1 is 1.18 bits per heavy atom. The molecule has 2 aromatic rings. The van der Waals surface area contributed by atoms with Crippen LogP contribution >= 0.6 is 0 Å². The van der Waals surface area contributed by atoms with Crippen LogP contribution in [-0.4, -0.2) is 21.0 Å². The summed E-state index contributed by atoms with van der Waals surface area (Å²) in [6, 6.07) is 6.20. The van der Waals surface area contributed by atoms with E-state index in [1.807, 2.05) is 38.2 Å². The highest BCUT2D eigenvalue weighted by Crippen LogP contribution is 2.19. The van der Waals surface area contributed by atoms with Gasteiger partial charge in [0.2, 0.25) is 5.95 Å². The fourth-order valence-electron chi connectivity index (χ4n) is 2.81. The van der Waals surface area contributed by atoms with Crippen LogP contribution in [0, 0.1) is 0 Å². The fourth-order valence-corrected chi connectivity index (χ4v) is 2.81. The summed E-state index contributed by atoms with van der Waals surface area (Å²) < 4.78 is 0. The number of pyridine rings is 1. The Balaban J connectivity index is 0.00000190. The van der Waals surface area contributed by atoms with Crippen molar-refractivity contribution < 1.29 is 0 Å². The van der Waals surface area contributed by atoms with Gasteiger partial charge in [0, 0.05) is 23.5 Å². The maximum atomic E-state index is 5.81. The third kappa shape index (κ3) is 7.55. The van der Waals surface area contributed by atoms with Crippen molar-refractivity contribution in [1.29, 1.82) is 0 Å². The molecule has 0 radical (unpaired) electrons. The average molecular weight is 385 g/mol. The van der Waals surface area contributed by atoms with Gasteiger partial charge in [-0.05, 0) is 37.8 Å². The summed E-state index contributed by atoms with van der Waals surface area (Å²) >= 11 is 0. The second-order valence-electron chi connectivity index (χ2n) is 6.53. The molecule has 0 amide bonds. The molecule has 0 spiro atoms. The number of anilines is 2. The van der Waals surface area contributed by atoms with E-state index < -0.39 is 0 Å². The topological polar surface area (TPSA) is 103 Å². The summed E-state index contributed by atoms with van der Waals surface area (Å²) in [4.78, 5) is 13.1. The minimum absolute atomic E-state index is 0.293. The van der Waals surface area contributed by atoms with Crippen LogP contribution < -0.4 is 16.8 Å². The number of nitrogens with two attached hydrogens (primary N) is 2. The van der Waals surface area contributed by atoms with Crippen molar-refractivity contribution in [2.45, 2.75) is 72.3 Å². The second-order valence-corrected chi connectivity index (χ2v) is 6.53. The van der Waals surface area contributed by atoms with Gasteiger partial charge in [-0.3, -0.25) is 4.98 Å². The summed E-state index contributed by atoms with van der Waals surface area (Å²) in [5.41, 5.74) is 14.8. The van der Waals surface area contributed by atoms with E-state index >= 15 is 0 Å². The summed E-state index contributed by atoms with van der Waals surface area (Å²) in [5, 5.41) is 3.55. The normalized spacial score (nSPS) is 11.3. The molecule has 0 fully saturated rings.